The first kappa shape index (κ1) is 35.5. The lowest BCUT2D eigenvalue weighted by atomic mass is 9.91. The van der Waals surface area contributed by atoms with E-state index >= 15 is 0 Å². The van der Waals surface area contributed by atoms with E-state index in [9.17, 15) is 24.3 Å². The number of carbonyl (C=O) groups is 4. The maximum Gasteiger partial charge on any atom is 0.410 e. The fourth-order valence-corrected chi connectivity index (χ4v) is 7.61. The molecule has 2 aromatic carbocycles. The van der Waals surface area contributed by atoms with Crippen molar-refractivity contribution in [3.63, 3.8) is 0 Å². The molecule has 266 valence electrons. The predicted octanol–water partition coefficient (Wildman–Crippen LogP) is 0.902. The standard InChI is InChI=1S/C35H46BN7O7/c36-28-21-24(5-6-30(28)44)22-31(33(46)41-19-17-40(18-20-41)26-8-12-39(13-9-26)23-32(45)38-49)50-35(48)42-14-10-27(11-15-42)43-16-7-25-3-1-2-4-29(25)37-34(43)47/h1-6,21,26-27,31,44,49H,7-20,22-23H2,(H,37,47)(H,38,45)/t31-/m1/s1. The molecule has 3 fully saturated rings. The van der Waals surface area contributed by atoms with E-state index in [2.05, 4.69) is 10.2 Å². The molecule has 15 heteroatoms. The first-order chi connectivity index (χ1) is 24.2. The maximum absolute atomic E-state index is 14.0. The highest BCUT2D eigenvalue weighted by Gasteiger charge is 2.36. The van der Waals surface area contributed by atoms with Crippen molar-refractivity contribution in [1.29, 1.82) is 0 Å². The van der Waals surface area contributed by atoms with E-state index in [1.54, 1.807) is 27.4 Å². The molecule has 2 radical (unpaired) electrons. The Morgan fingerprint density at radius 3 is 2.30 bits per heavy atom. The van der Waals surface area contributed by atoms with Gasteiger partial charge in [-0.1, -0.05) is 35.8 Å². The Kier molecular flexibility index (Phi) is 11.4. The number of hydrogen-bond acceptors (Lipinski definition) is 9. The zero-order valence-electron chi connectivity index (χ0n) is 28.3. The molecule has 0 saturated carbocycles. The van der Waals surface area contributed by atoms with E-state index in [1.165, 1.54) is 6.07 Å². The second-order valence-electron chi connectivity index (χ2n) is 13.6. The number of aromatic hydroxyl groups is 1. The molecule has 0 aliphatic carbocycles. The lowest BCUT2D eigenvalue weighted by Gasteiger charge is -2.43. The highest BCUT2D eigenvalue weighted by Crippen LogP contribution is 2.26. The summed E-state index contributed by atoms with van der Waals surface area (Å²) in [6, 6.07) is 12.7. The van der Waals surface area contributed by atoms with Crippen molar-refractivity contribution in [3.8, 4) is 5.75 Å². The molecule has 0 spiro atoms. The van der Waals surface area contributed by atoms with Crippen molar-refractivity contribution >= 4 is 42.9 Å². The molecule has 4 N–H and O–H groups in total. The average molecular weight is 688 g/mol. The summed E-state index contributed by atoms with van der Waals surface area (Å²) < 4.78 is 5.97. The number of nitrogens with zero attached hydrogens (tertiary/aromatic N) is 5. The number of benzene rings is 2. The van der Waals surface area contributed by atoms with Crippen LogP contribution in [0.2, 0.25) is 0 Å². The quantitative estimate of drug-likeness (QED) is 0.180. The van der Waals surface area contributed by atoms with Crippen LogP contribution in [0.3, 0.4) is 0 Å². The van der Waals surface area contributed by atoms with Crippen molar-refractivity contribution in [3.05, 3.63) is 53.6 Å². The number of carbonyl (C=O) groups excluding carboxylic acids is 4. The molecule has 4 aliphatic heterocycles. The van der Waals surface area contributed by atoms with E-state index in [1.807, 2.05) is 34.1 Å². The summed E-state index contributed by atoms with van der Waals surface area (Å²) in [6.45, 7) is 5.41. The number of ether oxygens (including phenoxy) is 1. The van der Waals surface area contributed by atoms with E-state index in [-0.39, 0.29) is 42.2 Å². The van der Waals surface area contributed by atoms with Crippen LogP contribution in [0, 0.1) is 0 Å². The minimum Gasteiger partial charge on any atom is -0.509 e. The SMILES string of the molecule is [B]c1cc(C[C@@H](OC(=O)N2CCC(N3CCc4ccccc4NC3=O)CC2)C(=O)N2CCN(C3CCN(CC(=O)NO)CC3)CC2)ccc1O. The minimum atomic E-state index is -1.08. The van der Waals surface area contributed by atoms with E-state index < -0.39 is 18.1 Å². The van der Waals surface area contributed by atoms with Crippen molar-refractivity contribution in [2.75, 3.05) is 70.8 Å². The molecule has 14 nitrogen and oxygen atoms in total. The number of piperazine rings is 1. The average Bonchev–Trinajstić information content (AvgIpc) is 3.31. The number of anilines is 1. The van der Waals surface area contributed by atoms with E-state index in [4.69, 9.17) is 17.8 Å². The Hall–Kier alpha value is -4.34. The summed E-state index contributed by atoms with van der Waals surface area (Å²) in [4.78, 5) is 61.7. The third kappa shape index (κ3) is 8.51. The Morgan fingerprint density at radius 1 is 0.900 bits per heavy atom. The van der Waals surface area contributed by atoms with Crippen molar-refractivity contribution in [2.24, 2.45) is 0 Å². The fourth-order valence-electron chi connectivity index (χ4n) is 7.61. The third-order valence-electron chi connectivity index (χ3n) is 10.5. The topological polar surface area (TPSA) is 158 Å². The smallest absolute Gasteiger partial charge is 0.410 e. The first-order valence-corrected chi connectivity index (χ1v) is 17.5. The van der Waals surface area contributed by atoms with Crippen LogP contribution in [0.15, 0.2) is 42.5 Å². The van der Waals surface area contributed by atoms with Gasteiger partial charge in [-0.25, -0.2) is 15.1 Å². The van der Waals surface area contributed by atoms with Crippen LogP contribution in [0.4, 0.5) is 15.3 Å². The van der Waals surface area contributed by atoms with Crippen molar-refractivity contribution in [1.82, 2.24) is 30.0 Å². The van der Waals surface area contributed by atoms with Crippen molar-refractivity contribution < 1.29 is 34.2 Å². The van der Waals surface area contributed by atoms with Crippen LogP contribution in [-0.2, 0) is 27.2 Å². The van der Waals surface area contributed by atoms with Crippen molar-refractivity contribution in [2.45, 2.75) is 56.7 Å². The number of hydrogen-bond donors (Lipinski definition) is 4. The summed E-state index contributed by atoms with van der Waals surface area (Å²) in [5, 5.41) is 21.8. The van der Waals surface area contributed by atoms with Crippen LogP contribution in [0.1, 0.15) is 36.8 Å². The second-order valence-corrected chi connectivity index (χ2v) is 13.6. The highest BCUT2D eigenvalue weighted by molar-refractivity contribution is 6.34. The number of nitrogens with one attached hydrogen (secondary N) is 2. The van der Waals surface area contributed by atoms with Gasteiger partial charge in [0.25, 0.3) is 11.8 Å². The number of urea groups is 1. The van der Waals surface area contributed by atoms with Crippen LogP contribution >= 0.6 is 0 Å². The number of piperidine rings is 2. The Bertz CT molecular complexity index is 1540. The number of para-hydroxylation sites is 1. The molecular formula is C35H46BN7O7. The molecule has 0 bridgehead atoms. The fraction of sp³-hybridized carbons (Fsp3) is 0.543. The zero-order chi connectivity index (χ0) is 35.2. The Morgan fingerprint density at radius 2 is 1.60 bits per heavy atom. The monoisotopic (exact) mass is 687 g/mol. The molecule has 0 unspecified atom stereocenters. The molecule has 4 aliphatic rings. The van der Waals surface area contributed by atoms with Gasteiger partial charge >= 0.3 is 12.1 Å². The molecule has 0 aromatic heterocycles. The molecule has 2 aromatic rings. The predicted molar refractivity (Wildman–Crippen MR) is 185 cm³/mol. The van der Waals surface area contributed by atoms with Gasteiger partial charge in [-0.2, -0.15) is 0 Å². The van der Waals surface area contributed by atoms with E-state index in [0.29, 0.717) is 70.3 Å². The molecule has 5 amide bonds. The molecular weight excluding hydrogens is 641 g/mol. The molecule has 4 heterocycles. The minimum absolute atomic E-state index is 0.0191. The van der Waals surface area contributed by atoms with Gasteiger partial charge in [-0.15, -0.1) is 0 Å². The van der Waals surface area contributed by atoms with Gasteiger partial charge in [0.2, 0.25) is 0 Å². The number of rotatable bonds is 8. The molecule has 1 atom stereocenters. The summed E-state index contributed by atoms with van der Waals surface area (Å²) >= 11 is 0. The Labute approximate surface area is 293 Å². The number of phenolic OH excluding ortho intramolecular Hbond substituents is 1. The normalized spacial score (nSPS) is 20.4. The lowest BCUT2D eigenvalue weighted by Crippen LogP contribution is -2.57. The molecule has 6 rings (SSSR count). The van der Waals surface area contributed by atoms with Gasteiger partial charge in [-0.3, -0.25) is 24.6 Å². The van der Waals surface area contributed by atoms with Gasteiger partial charge < -0.3 is 29.9 Å². The van der Waals surface area contributed by atoms with Crippen LogP contribution < -0.4 is 16.3 Å². The first-order valence-electron chi connectivity index (χ1n) is 17.5. The van der Waals surface area contributed by atoms with Gasteiger partial charge in [0.1, 0.15) is 13.6 Å². The van der Waals surface area contributed by atoms with Gasteiger partial charge in [0.05, 0.1) is 6.54 Å². The number of amides is 5. The third-order valence-corrected chi connectivity index (χ3v) is 10.5. The number of likely N-dealkylation sites (tertiary alicyclic amines) is 2. The number of phenols is 1. The summed E-state index contributed by atoms with van der Waals surface area (Å²) in [6.07, 6.45) is 2.20. The largest absolute Gasteiger partial charge is 0.509 e. The maximum atomic E-state index is 14.0. The summed E-state index contributed by atoms with van der Waals surface area (Å²) in [5.74, 6) is -0.749. The van der Waals surface area contributed by atoms with Gasteiger partial charge in [-0.05, 0) is 55.4 Å². The van der Waals surface area contributed by atoms with Gasteiger partial charge in [0, 0.05) is 83.1 Å². The summed E-state index contributed by atoms with van der Waals surface area (Å²) in [7, 11) is 5.94. The molecule has 3 saturated heterocycles. The Balaban J connectivity index is 1.04. The number of fused-ring (bicyclic) bond motifs is 1. The van der Waals surface area contributed by atoms with Crippen LogP contribution in [0.25, 0.3) is 0 Å². The lowest BCUT2D eigenvalue weighted by molar-refractivity contribution is -0.143. The highest BCUT2D eigenvalue weighted by atomic mass is 16.6. The zero-order valence-corrected chi connectivity index (χ0v) is 28.3. The van der Waals surface area contributed by atoms with E-state index in [0.717, 1.165) is 43.6 Å². The second kappa shape index (κ2) is 16.1. The van der Waals surface area contributed by atoms with Crippen LogP contribution in [-0.4, -0.2) is 150 Å². The molecule has 50 heavy (non-hydrogen) atoms. The number of hydroxylamine groups is 1. The van der Waals surface area contributed by atoms with Crippen LogP contribution in [0.5, 0.6) is 5.75 Å². The van der Waals surface area contributed by atoms with Gasteiger partial charge in [0.15, 0.2) is 6.10 Å². The summed E-state index contributed by atoms with van der Waals surface area (Å²) in [5.41, 5.74) is 4.47.